The minimum Gasteiger partial charge on any atom is -0.373 e. The number of rotatable bonds is 4. The van der Waals surface area contributed by atoms with Crippen LogP contribution in [0.2, 0.25) is 0 Å². The van der Waals surface area contributed by atoms with Gasteiger partial charge in [0.2, 0.25) is 0 Å². The molecule has 1 atom stereocenters. The maximum Gasteiger partial charge on any atom is 0.254 e. The van der Waals surface area contributed by atoms with Gasteiger partial charge >= 0.3 is 0 Å². The monoisotopic (exact) mass is 332 g/mol. The van der Waals surface area contributed by atoms with Gasteiger partial charge in [0.05, 0.1) is 13.2 Å². The van der Waals surface area contributed by atoms with E-state index in [0.29, 0.717) is 24.5 Å². The van der Waals surface area contributed by atoms with Crippen LogP contribution in [0.25, 0.3) is 0 Å². The fourth-order valence-electron chi connectivity index (χ4n) is 3.24. The number of pyridine rings is 1. The normalized spacial score (nSPS) is 21.5. The van der Waals surface area contributed by atoms with E-state index in [-0.39, 0.29) is 24.4 Å². The minimum atomic E-state index is -0.589. The van der Waals surface area contributed by atoms with Gasteiger partial charge in [0.1, 0.15) is 5.82 Å². The molecule has 130 valence electrons. The van der Waals surface area contributed by atoms with Crippen molar-refractivity contribution in [3.63, 3.8) is 0 Å². The maximum atomic E-state index is 12.7. The Morgan fingerprint density at radius 1 is 1.33 bits per heavy atom. The number of nitrogens with zero attached hydrogens (tertiary/aromatic N) is 2. The number of carbonyl (C=O) groups excluding carboxylic acids is 2. The van der Waals surface area contributed by atoms with Gasteiger partial charge in [-0.25, -0.2) is 4.98 Å². The summed E-state index contributed by atoms with van der Waals surface area (Å²) in [5.74, 6) is 0.436. The predicted octanol–water partition coefficient (Wildman–Crippen LogP) is 1.02. The Morgan fingerprint density at radius 2 is 2.12 bits per heavy atom. The van der Waals surface area contributed by atoms with Crippen molar-refractivity contribution in [2.45, 2.75) is 37.8 Å². The van der Waals surface area contributed by atoms with Crippen molar-refractivity contribution in [2.24, 2.45) is 0 Å². The number of hydrogen-bond donors (Lipinski definition) is 2. The average Bonchev–Trinajstić information content (AvgIpc) is 3.14. The molecule has 24 heavy (non-hydrogen) atoms. The highest BCUT2D eigenvalue weighted by atomic mass is 16.5. The Kier molecular flexibility index (Phi) is 5.30. The summed E-state index contributed by atoms with van der Waals surface area (Å²) < 4.78 is 5.58. The molecule has 0 aromatic carbocycles. The first-order valence-corrected chi connectivity index (χ1v) is 8.52. The molecule has 0 spiro atoms. The number of ether oxygens (including phenoxy) is 1. The number of amides is 2. The summed E-state index contributed by atoms with van der Waals surface area (Å²) in [6.07, 6.45) is 5.40. The SMILES string of the molecule is CNc1cc(C(=O)N2CCO[C@H](C(=O)NC3CCCC3)C2)ccn1. The molecule has 1 saturated carbocycles. The Balaban J connectivity index is 1.61. The van der Waals surface area contributed by atoms with Crippen LogP contribution in [0.1, 0.15) is 36.0 Å². The van der Waals surface area contributed by atoms with Gasteiger partial charge in [-0.1, -0.05) is 12.8 Å². The van der Waals surface area contributed by atoms with Crippen LogP contribution in [-0.4, -0.2) is 60.6 Å². The first kappa shape index (κ1) is 16.7. The maximum absolute atomic E-state index is 12.7. The first-order valence-electron chi connectivity index (χ1n) is 8.52. The zero-order valence-corrected chi connectivity index (χ0v) is 14.0. The van der Waals surface area contributed by atoms with Crippen LogP contribution in [0, 0.1) is 0 Å². The lowest BCUT2D eigenvalue weighted by atomic mass is 10.1. The van der Waals surface area contributed by atoms with Crippen molar-refractivity contribution >= 4 is 17.6 Å². The highest BCUT2D eigenvalue weighted by Gasteiger charge is 2.31. The minimum absolute atomic E-state index is 0.101. The van der Waals surface area contributed by atoms with E-state index in [1.54, 1.807) is 30.3 Å². The topological polar surface area (TPSA) is 83.6 Å². The highest BCUT2D eigenvalue weighted by Crippen LogP contribution is 2.18. The Hall–Kier alpha value is -2.15. The summed E-state index contributed by atoms with van der Waals surface area (Å²) in [5, 5.41) is 5.97. The van der Waals surface area contributed by atoms with Crippen LogP contribution in [-0.2, 0) is 9.53 Å². The third-order valence-electron chi connectivity index (χ3n) is 4.61. The van der Waals surface area contributed by atoms with Crippen molar-refractivity contribution in [2.75, 3.05) is 32.1 Å². The van der Waals surface area contributed by atoms with E-state index in [1.807, 2.05) is 0 Å². The molecule has 1 aromatic rings. The standard InChI is InChI=1S/C17H24N4O3/c1-18-15-10-12(6-7-19-15)17(23)21-8-9-24-14(11-21)16(22)20-13-4-2-3-5-13/h6-7,10,13-14H,2-5,8-9,11H2,1H3,(H,18,19)(H,20,22)/t14-/m0/s1. The lowest BCUT2D eigenvalue weighted by Gasteiger charge is -2.32. The second-order valence-corrected chi connectivity index (χ2v) is 6.28. The van der Waals surface area contributed by atoms with Crippen LogP contribution in [0.5, 0.6) is 0 Å². The molecular weight excluding hydrogens is 308 g/mol. The molecule has 3 rings (SSSR count). The van der Waals surface area contributed by atoms with E-state index in [0.717, 1.165) is 25.7 Å². The van der Waals surface area contributed by atoms with E-state index in [2.05, 4.69) is 15.6 Å². The molecule has 2 heterocycles. The molecule has 1 aromatic heterocycles. The molecule has 7 nitrogen and oxygen atoms in total. The number of aromatic nitrogens is 1. The summed E-state index contributed by atoms with van der Waals surface area (Å²) >= 11 is 0. The van der Waals surface area contributed by atoms with Gasteiger partial charge in [-0.05, 0) is 25.0 Å². The van der Waals surface area contributed by atoms with E-state index in [9.17, 15) is 9.59 Å². The van der Waals surface area contributed by atoms with E-state index < -0.39 is 6.10 Å². The fourth-order valence-corrected chi connectivity index (χ4v) is 3.24. The van der Waals surface area contributed by atoms with Gasteiger partial charge in [0.25, 0.3) is 11.8 Å². The van der Waals surface area contributed by atoms with Gasteiger partial charge in [0.15, 0.2) is 6.10 Å². The van der Waals surface area contributed by atoms with Crippen molar-refractivity contribution in [3.05, 3.63) is 23.9 Å². The lowest BCUT2D eigenvalue weighted by molar-refractivity contribution is -0.137. The van der Waals surface area contributed by atoms with Crippen LogP contribution >= 0.6 is 0 Å². The average molecular weight is 332 g/mol. The summed E-state index contributed by atoms with van der Waals surface area (Å²) in [5.41, 5.74) is 0.561. The molecule has 7 heteroatoms. The summed E-state index contributed by atoms with van der Waals surface area (Å²) in [6.45, 7) is 1.15. The number of carbonyl (C=O) groups is 2. The van der Waals surface area contributed by atoms with Crippen LogP contribution in [0.15, 0.2) is 18.3 Å². The predicted molar refractivity (Wildman–Crippen MR) is 89.8 cm³/mol. The molecule has 0 bridgehead atoms. The smallest absolute Gasteiger partial charge is 0.254 e. The molecule has 0 unspecified atom stereocenters. The number of morpholine rings is 1. The third kappa shape index (κ3) is 3.84. The number of hydrogen-bond acceptors (Lipinski definition) is 5. The molecule has 1 aliphatic carbocycles. The van der Waals surface area contributed by atoms with E-state index >= 15 is 0 Å². The number of nitrogens with one attached hydrogen (secondary N) is 2. The molecule has 1 aliphatic heterocycles. The second kappa shape index (κ2) is 7.61. The Morgan fingerprint density at radius 3 is 2.88 bits per heavy atom. The van der Waals surface area contributed by atoms with Gasteiger partial charge in [-0.3, -0.25) is 9.59 Å². The van der Waals surface area contributed by atoms with Crippen LogP contribution in [0.4, 0.5) is 5.82 Å². The zero-order valence-electron chi connectivity index (χ0n) is 14.0. The largest absolute Gasteiger partial charge is 0.373 e. The quantitative estimate of drug-likeness (QED) is 0.860. The molecule has 0 radical (unpaired) electrons. The van der Waals surface area contributed by atoms with Crippen molar-refractivity contribution in [1.29, 1.82) is 0 Å². The van der Waals surface area contributed by atoms with Crippen molar-refractivity contribution < 1.29 is 14.3 Å². The molecule has 1 saturated heterocycles. The third-order valence-corrected chi connectivity index (χ3v) is 4.61. The van der Waals surface area contributed by atoms with Crippen molar-refractivity contribution in [1.82, 2.24) is 15.2 Å². The van der Waals surface area contributed by atoms with Gasteiger partial charge in [-0.2, -0.15) is 0 Å². The highest BCUT2D eigenvalue weighted by molar-refractivity contribution is 5.95. The fraction of sp³-hybridized carbons (Fsp3) is 0.588. The Labute approximate surface area is 141 Å². The molecule has 2 aliphatic rings. The lowest BCUT2D eigenvalue weighted by Crippen LogP contribution is -2.52. The molecule has 2 N–H and O–H groups in total. The zero-order chi connectivity index (χ0) is 16.9. The van der Waals surface area contributed by atoms with Crippen LogP contribution < -0.4 is 10.6 Å². The molecular formula is C17H24N4O3. The van der Waals surface area contributed by atoms with Crippen molar-refractivity contribution in [3.8, 4) is 0 Å². The summed E-state index contributed by atoms with van der Waals surface area (Å²) in [6, 6.07) is 3.66. The molecule has 2 fully saturated rings. The number of anilines is 1. The van der Waals surface area contributed by atoms with Gasteiger partial charge in [0, 0.05) is 31.4 Å². The first-order chi connectivity index (χ1) is 11.7. The van der Waals surface area contributed by atoms with E-state index in [4.69, 9.17) is 4.74 Å². The summed E-state index contributed by atoms with van der Waals surface area (Å²) in [7, 11) is 1.76. The van der Waals surface area contributed by atoms with E-state index in [1.165, 1.54) is 0 Å². The Bertz CT molecular complexity index is 601. The van der Waals surface area contributed by atoms with Gasteiger partial charge in [-0.15, -0.1) is 0 Å². The second-order valence-electron chi connectivity index (χ2n) is 6.28. The summed E-state index contributed by atoms with van der Waals surface area (Å²) in [4.78, 5) is 30.8. The van der Waals surface area contributed by atoms with Crippen LogP contribution in [0.3, 0.4) is 0 Å². The molecule has 2 amide bonds. The van der Waals surface area contributed by atoms with Gasteiger partial charge < -0.3 is 20.3 Å².